The van der Waals surface area contributed by atoms with Gasteiger partial charge < -0.3 is 10.6 Å². The molecule has 0 unspecified atom stereocenters. The average Bonchev–Trinajstić information content (AvgIpc) is 3.27. The Morgan fingerprint density at radius 2 is 1.96 bits per heavy atom. The summed E-state index contributed by atoms with van der Waals surface area (Å²) in [6, 6.07) is 0.620. The lowest BCUT2D eigenvalue weighted by molar-refractivity contribution is -0.122. The lowest BCUT2D eigenvalue weighted by Gasteiger charge is -2.30. The minimum absolute atomic E-state index is 0.0881. The molecule has 0 bridgehead atoms. The number of aryl methyl sites for hydroxylation is 1. The first-order valence-electron chi connectivity index (χ1n) is 10.2. The molecule has 156 valence electrons. The summed E-state index contributed by atoms with van der Waals surface area (Å²) in [5.41, 5.74) is 0. The van der Waals surface area contributed by atoms with E-state index in [4.69, 9.17) is 0 Å². The highest BCUT2D eigenvalue weighted by Crippen LogP contribution is 2.35. The number of carbonyl (C=O) groups is 2. The zero-order chi connectivity index (χ0) is 19.9. The zero-order valence-electron chi connectivity index (χ0n) is 16.9. The molecule has 9 heteroatoms. The molecular formula is C19H32N6O2S. The van der Waals surface area contributed by atoms with Gasteiger partial charge in [0, 0.05) is 44.6 Å². The first kappa shape index (κ1) is 21.1. The molecule has 2 atom stereocenters. The van der Waals surface area contributed by atoms with Crippen molar-refractivity contribution in [3.63, 3.8) is 0 Å². The third kappa shape index (κ3) is 6.48. The van der Waals surface area contributed by atoms with Crippen LogP contribution >= 0.6 is 11.8 Å². The van der Waals surface area contributed by atoms with Gasteiger partial charge in [-0.05, 0) is 44.8 Å². The molecule has 1 aliphatic carbocycles. The predicted octanol–water partition coefficient (Wildman–Crippen LogP) is 0.884. The Balaban J connectivity index is 1.44. The summed E-state index contributed by atoms with van der Waals surface area (Å²) in [5, 5.41) is 13.0. The predicted molar refractivity (Wildman–Crippen MR) is 110 cm³/mol. The second-order valence-corrected chi connectivity index (χ2v) is 8.77. The summed E-state index contributed by atoms with van der Waals surface area (Å²) in [6.45, 7) is 4.16. The van der Waals surface area contributed by atoms with Crippen molar-refractivity contribution < 1.29 is 9.59 Å². The van der Waals surface area contributed by atoms with E-state index in [0.29, 0.717) is 37.7 Å². The number of nitrogens with one attached hydrogen (secondary N) is 3. The number of carbonyl (C=O) groups excluding carboxylic acids is 2. The molecule has 2 amide bonds. The maximum atomic E-state index is 12.4. The SMILES string of the molecule is CSCC(=O)NC[C@@H]1CC[C@H](CC(=O)NCCc2n[nH]c(C)n2)N1CC1CC1. The van der Waals surface area contributed by atoms with Crippen LogP contribution in [0.5, 0.6) is 0 Å². The van der Waals surface area contributed by atoms with Crippen molar-refractivity contribution in [2.75, 3.05) is 31.6 Å². The molecule has 2 heterocycles. The summed E-state index contributed by atoms with van der Waals surface area (Å²) in [6.07, 6.45) is 7.73. The van der Waals surface area contributed by atoms with E-state index in [2.05, 4.69) is 30.7 Å². The lowest BCUT2D eigenvalue weighted by atomic mass is 10.1. The molecule has 0 aromatic carbocycles. The van der Waals surface area contributed by atoms with Crippen molar-refractivity contribution in [1.29, 1.82) is 0 Å². The number of hydrogen-bond donors (Lipinski definition) is 3. The molecule has 28 heavy (non-hydrogen) atoms. The first-order chi connectivity index (χ1) is 13.5. The highest BCUT2D eigenvalue weighted by atomic mass is 32.2. The molecule has 3 rings (SSSR count). The van der Waals surface area contributed by atoms with Gasteiger partial charge in [-0.3, -0.25) is 19.6 Å². The molecule has 2 aliphatic rings. The van der Waals surface area contributed by atoms with Crippen molar-refractivity contribution in [2.24, 2.45) is 5.92 Å². The van der Waals surface area contributed by atoms with E-state index >= 15 is 0 Å². The summed E-state index contributed by atoms with van der Waals surface area (Å²) >= 11 is 1.54. The van der Waals surface area contributed by atoms with Crippen molar-refractivity contribution in [1.82, 2.24) is 30.7 Å². The number of rotatable bonds is 11. The Morgan fingerprint density at radius 3 is 2.64 bits per heavy atom. The minimum Gasteiger partial charge on any atom is -0.356 e. The Kier molecular flexibility index (Phi) is 7.73. The molecule has 1 aromatic heterocycles. The molecule has 1 saturated heterocycles. The van der Waals surface area contributed by atoms with E-state index in [9.17, 15) is 9.59 Å². The van der Waals surface area contributed by atoms with Crippen LogP contribution in [0.2, 0.25) is 0 Å². The number of hydrogen-bond acceptors (Lipinski definition) is 6. The second kappa shape index (κ2) is 10.2. The van der Waals surface area contributed by atoms with E-state index in [1.165, 1.54) is 12.8 Å². The lowest BCUT2D eigenvalue weighted by Crippen LogP contribution is -2.45. The molecular weight excluding hydrogens is 376 g/mol. The summed E-state index contributed by atoms with van der Waals surface area (Å²) in [7, 11) is 0. The van der Waals surface area contributed by atoms with Gasteiger partial charge in [-0.2, -0.15) is 16.9 Å². The van der Waals surface area contributed by atoms with Gasteiger partial charge in [0.1, 0.15) is 5.82 Å². The molecule has 1 aromatic rings. The number of aromatic amines is 1. The molecule has 3 N–H and O–H groups in total. The van der Waals surface area contributed by atoms with Crippen LogP contribution in [0.3, 0.4) is 0 Å². The fraction of sp³-hybridized carbons (Fsp3) is 0.789. The van der Waals surface area contributed by atoms with Crippen molar-refractivity contribution in [3.05, 3.63) is 11.6 Å². The third-order valence-corrected chi connectivity index (χ3v) is 6.03. The van der Waals surface area contributed by atoms with Gasteiger partial charge in [0.25, 0.3) is 0 Å². The van der Waals surface area contributed by atoms with Crippen LogP contribution in [0.1, 0.15) is 43.8 Å². The van der Waals surface area contributed by atoms with E-state index in [-0.39, 0.29) is 17.9 Å². The van der Waals surface area contributed by atoms with Gasteiger partial charge in [0.05, 0.1) is 5.75 Å². The fourth-order valence-electron chi connectivity index (χ4n) is 3.86. The number of likely N-dealkylation sites (tertiary alicyclic amines) is 1. The summed E-state index contributed by atoms with van der Waals surface area (Å²) < 4.78 is 0. The standard InChI is InChI=1S/C19H32N6O2S/c1-13-22-17(24-23-13)7-8-20-18(26)9-15-5-6-16(10-21-19(27)12-28-2)25(15)11-14-3-4-14/h14-16H,3-12H2,1-2H3,(H,20,26)(H,21,27)(H,22,23,24)/t15-,16+/m1/s1. The Bertz CT molecular complexity index is 663. The van der Waals surface area contributed by atoms with Crippen LogP contribution in [-0.2, 0) is 16.0 Å². The second-order valence-electron chi connectivity index (χ2n) is 7.90. The Labute approximate surface area is 171 Å². The largest absolute Gasteiger partial charge is 0.356 e. The number of aromatic nitrogens is 3. The number of H-pyrrole nitrogens is 1. The Hall–Kier alpha value is -1.61. The topological polar surface area (TPSA) is 103 Å². The maximum absolute atomic E-state index is 12.4. The van der Waals surface area contributed by atoms with Gasteiger partial charge in [0.15, 0.2) is 5.82 Å². The molecule has 1 aliphatic heterocycles. The first-order valence-corrected chi connectivity index (χ1v) is 11.6. The molecule has 0 spiro atoms. The van der Waals surface area contributed by atoms with Crippen molar-refractivity contribution >= 4 is 23.6 Å². The molecule has 2 fully saturated rings. The monoisotopic (exact) mass is 408 g/mol. The minimum atomic E-state index is 0.0881. The highest BCUT2D eigenvalue weighted by molar-refractivity contribution is 7.99. The smallest absolute Gasteiger partial charge is 0.230 e. The summed E-state index contributed by atoms with van der Waals surface area (Å²) in [5.74, 6) is 2.98. The van der Waals surface area contributed by atoms with Crippen LogP contribution in [0.15, 0.2) is 0 Å². The van der Waals surface area contributed by atoms with Gasteiger partial charge in [-0.1, -0.05) is 0 Å². The zero-order valence-corrected chi connectivity index (χ0v) is 17.7. The van der Waals surface area contributed by atoms with Crippen LogP contribution < -0.4 is 10.6 Å². The molecule has 1 saturated carbocycles. The van der Waals surface area contributed by atoms with E-state index < -0.39 is 0 Å². The summed E-state index contributed by atoms with van der Waals surface area (Å²) in [4.78, 5) is 31.0. The average molecular weight is 409 g/mol. The van der Waals surface area contributed by atoms with Crippen LogP contribution in [0.25, 0.3) is 0 Å². The Morgan fingerprint density at radius 1 is 1.18 bits per heavy atom. The maximum Gasteiger partial charge on any atom is 0.230 e. The highest BCUT2D eigenvalue weighted by Gasteiger charge is 2.37. The number of nitrogens with zero attached hydrogens (tertiary/aromatic N) is 3. The quantitative estimate of drug-likeness (QED) is 0.502. The fourth-order valence-corrected chi connectivity index (χ4v) is 4.23. The number of thioether (sulfide) groups is 1. The molecule has 8 nitrogen and oxygen atoms in total. The van der Waals surface area contributed by atoms with E-state index in [0.717, 1.165) is 37.0 Å². The van der Waals surface area contributed by atoms with Gasteiger partial charge in [0.2, 0.25) is 11.8 Å². The molecule has 0 radical (unpaired) electrons. The van der Waals surface area contributed by atoms with Crippen LogP contribution in [-0.4, -0.2) is 75.6 Å². The van der Waals surface area contributed by atoms with E-state index in [1.807, 2.05) is 13.2 Å². The van der Waals surface area contributed by atoms with Gasteiger partial charge in [-0.25, -0.2) is 4.98 Å². The van der Waals surface area contributed by atoms with Gasteiger partial charge >= 0.3 is 0 Å². The van der Waals surface area contributed by atoms with Crippen molar-refractivity contribution in [3.8, 4) is 0 Å². The van der Waals surface area contributed by atoms with Gasteiger partial charge in [-0.15, -0.1) is 0 Å². The van der Waals surface area contributed by atoms with Crippen LogP contribution in [0, 0.1) is 12.8 Å². The van der Waals surface area contributed by atoms with Crippen molar-refractivity contribution in [2.45, 2.75) is 57.5 Å². The third-order valence-electron chi connectivity index (χ3n) is 5.48. The number of amides is 2. The van der Waals surface area contributed by atoms with Crippen LogP contribution in [0.4, 0.5) is 0 Å². The normalized spacial score (nSPS) is 22.4. The van der Waals surface area contributed by atoms with E-state index in [1.54, 1.807) is 11.8 Å².